The smallest absolute Gasteiger partial charge is 0.273 e. The summed E-state index contributed by atoms with van der Waals surface area (Å²) in [5.74, 6) is 0. The third kappa shape index (κ3) is 3.83. The first-order chi connectivity index (χ1) is 10.1. The maximum absolute atomic E-state index is 11.0. The standard InChI is InChI=1S/C14H21N3O4/c1-3-15-11-6-12(8-13(7-11)17(18)19)16-9-14(20-2)4-5-21-10-14/h6-8,15-16H,3-5,9-10H2,1-2H3. The summed E-state index contributed by atoms with van der Waals surface area (Å²) >= 11 is 0. The predicted molar refractivity (Wildman–Crippen MR) is 80.9 cm³/mol. The van der Waals surface area contributed by atoms with E-state index in [1.54, 1.807) is 7.11 Å². The molecule has 7 heteroatoms. The van der Waals surface area contributed by atoms with E-state index in [-0.39, 0.29) is 11.3 Å². The van der Waals surface area contributed by atoms with Crippen molar-refractivity contribution in [2.24, 2.45) is 0 Å². The molecule has 1 aromatic rings. The molecular weight excluding hydrogens is 274 g/mol. The van der Waals surface area contributed by atoms with Crippen molar-refractivity contribution in [1.29, 1.82) is 0 Å². The van der Waals surface area contributed by atoms with Gasteiger partial charge in [0.2, 0.25) is 0 Å². The molecule has 2 N–H and O–H groups in total. The number of ether oxygens (including phenoxy) is 2. The van der Waals surface area contributed by atoms with Gasteiger partial charge in [0.05, 0.1) is 11.5 Å². The molecule has 21 heavy (non-hydrogen) atoms. The van der Waals surface area contributed by atoms with Crippen molar-refractivity contribution in [2.75, 3.05) is 44.0 Å². The van der Waals surface area contributed by atoms with Crippen molar-refractivity contribution in [2.45, 2.75) is 18.9 Å². The number of non-ortho nitro benzene ring substituents is 1. The summed E-state index contributed by atoms with van der Waals surface area (Å²) in [5, 5.41) is 17.3. The summed E-state index contributed by atoms with van der Waals surface area (Å²) in [5.41, 5.74) is 1.13. The molecule has 7 nitrogen and oxygen atoms in total. The van der Waals surface area contributed by atoms with Crippen LogP contribution in [0.1, 0.15) is 13.3 Å². The van der Waals surface area contributed by atoms with Crippen LogP contribution in [0.5, 0.6) is 0 Å². The lowest BCUT2D eigenvalue weighted by Crippen LogP contribution is -2.39. The third-order valence-electron chi connectivity index (χ3n) is 3.62. The van der Waals surface area contributed by atoms with Crippen molar-refractivity contribution in [3.8, 4) is 0 Å². The summed E-state index contributed by atoms with van der Waals surface area (Å²) in [6, 6.07) is 4.91. The van der Waals surface area contributed by atoms with Crippen LogP contribution in [0.25, 0.3) is 0 Å². The second-order valence-corrected chi connectivity index (χ2v) is 5.10. The third-order valence-corrected chi connectivity index (χ3v) is 3.62. The Labute approximate surface area is 123 Å². The number of hydrogen-bond donors (Lipinski definition) is 2. The number of anilines is 2. The van der Waals surface area contributed by atoms with Gasteiger partial charge in [0.25, 0.3) is 5.69 Å². The number of nitrogens with one attached hydrogen (secondary N) is 2. The highest BCUT2D eigenvalue weighted by Crippen LogP contribution is 2.27. The molecule has 0 amide bonds. The fourth-order valence-corrected chi connectivity index (χ4v) is 2.35. The SMILES string of the molecule is CCNc1cc(NCC2(OC)CCOC2)cc([N+](=O)[O-])c1. The van der Waals surface area contributed by atoms with E-state index >= 15 is 0 Å². The molecule has 1 heterocycles. The fraction of sp³-hybridized carbons (Fsp3) is 0.571. The van der Waals surface area contributed by atoms with E-state index in [4.69, 9.17) is 9.47 Å². The van der Waals surface area contributed by atoms with E-state index in [0.717, 1.165) is 12.1 Å². The average molecular weight is 295 g/mol. The van der Waals surface area contributed by atoms with Crippen molar-refractivity contribution < 1.29 is 14.4 Å². The minimum atomic E-state index is -0.392. The molecule has 0 radical (unpaired) electrons. The number of nitrogens with zero attached hydrogens (tertiary/aromatic N) is 1. The Bertz CT molecular complexity index is 501. The lowest BCUT2D eigenvalue weighted by atomic mass is 10.0. The minimum absolute atomic E-state index is 0.0603. The van der Waals surface area contributed by atoms with Gasteiger partial charge in [0.15, 0.2) is 0 Å². The molecule has 0 aromatic heterocycles. The van der Waals surface area contributed by atoms with Gasteiger partial charge in [-0.3, -0.25) is 10.1 Å². The molecule has 1 saturated heterocycles. The fourth-order valence-electron chi connectivity index (χ4n) is 2.35. The first kappa shape index (κ1) is 15.5. The molecule has 0 aliphatic carbocycles. The number of rotatable bonds is 7. The molecule has 1 aliphatic rings. The summed E-state index contributed by atoms with van der Waals surface area (Å²) in [6.45, 7) is 4.41. The highest BCUT2D eigenvalue weighted by molar-refractivity contribution is 5.63. The summed E-state index contributed by atoms with van der Waals surface area (Å²) in [6.07, 6.45) is 0.811. The zero-order valence-electron chi connectivity index (χ0n) is 12.3. The number of nitro benzene ring substituents is 1. The lowest BCUT2D eigenvalue weighted by Gasteiger charge is -2.26. The summed E-state index contributed by atoms with van der Waals surface area (Å²) in [7, 11) is 1.66. The van der Waals surface area contributed by atoms with Gasteiger partial charge in [-0.15, -0.1) is 0 Å². The van der Waals surface area contributed by atoms with Gasteiger partial charge < -0.3 is 20.1 Å². The van der Waals surface area contributed by atoms with E-state index < -0.39 is 4.92 Å². The number of hydrogen-bond acceptors (Lipinski definition) is 6. The van der Waals surface area contributed by atoms with E-state index in [0.29, 0.717) is 32.0 Å². The minimum Gasteiger partial charge on any atom is -0.385 e. The lowest BCUT2D eigenvalue weighted by molar-refractivity contribution is -0.384. The number of benzene rings is 1. The molecule has 0 spiro atoms. The number of methoxy groups -OCH3 is 1. The highest BCUT2D eigenvalue weighted by atomic mass is 16.6. The van der Waals surface area contributed by atoms with Crippen LogP contribution in [0, 0.1) is 10.1 Å². The molecule has 116 valence electrons. The molecule has 2 rings (SSSR count). The van der Waals surface area contributed by atoms with Crippen LogP contribution >= 0.6 is 0 Å². The number of nitro groups is 1. The Kier molecular flexibility index (Phi) is 4.98. The molecule has 1 aromatic carbocycles. The Hall–Kier alpha value is -1.86. The van der Waals surface area contributed by atoms with Crippen LogP contribution in [0.3, 0.4) is 0 Å². The van der Waals surface area contributed by atoms with Gasteiger partial charge in [-0.2, -0.15) is 0 Å². The molecule has 1 atom stereocenters. The van der Waals surface area contributed by atoms with E-state index in [2.05, 4.69) is 10.6 Å². The first-order valence-corrected chi connectivity index (χ1v) is 6.99. The van der Waals surface area contributed by atoms with E-state index in [1.165, 1.54) is 12.1 Å². The Balaban J connectivity index is 2.12. The summed E-state index contributed by atoms with van der Waals surface area (Å²) in [4.78, 5) is 10.6. The molecule has 1 fully saturated rings. The largest absolute Gasteiger partial charge is 0.385 e. The zero-order chi connectivity index (χ0) is 15.3. The van der Waals surface area contributed by atoms with Gasteiger partial charge in [-0.05, 0) is 13.0 Å². The van der Waals surface area contributed by atoms with Crippen LogP contribution in [-0.4, -0.2) is 43.9 Å². The maximum atomic E-state index is 11.0. The quantitative estimate of drug-likeness (QED) is 0.592. The van der Waals surface area contributed by atoms with E-state index in [1.807, 2.05) is 13.0 Å². The Morgan fingerprint density at radius 2 is 2.10 bits per heavy atom. The van der Waals surface area contributed by atoms with Crippen molar-refractivity contribution in [3.63, 3.8) is 0 Å². The van der Waals surface area contributed by atoms with Gasteiger partial charge in [0.1, 0.15) is 5.60 Å². The molecule has 1 aliphatic heterocycles. The van der Waals surface area contributed by atoms with Crippen molar-refractivity contribution in [1.82, 2.24) is 0 Å². The van der Waals surface area contributed by atoms with Gasteiger partial charge >= 0.3 is 0 Å². The first-order valence-electron chi connectivity index (χ1n) is 6.99. The van der Waals surface area contributed by atoms with Gasteiger partial charge in [0, 0.05) is 56.7 Å². The van der Waals surface area contributed by atoms with Crippen LogP contribution < -0.4 is 10.6 Å². The zero-order valence-corrected chi connectivity index (χ0v) is 12.3. The summed E-state index contributed by atoms with van der Waals surface area (Å²) < 4.78 is 10.9. The van der Waals surface area contributed by atoms with E-state index in [9.17, 15) is 10.1 Å². The average Bonchev–Trinajstić information content (AvgIpc) is 2.95. The molecular formula is C14H21N3O4. The van der Waals surface area contributed by atoms with Crippen molar-refractivity contribution >= 4 is 17.1 Å². The second-order valence-electron chi connectivity index (χ2n) is 5.10. The van der Waals surface area contributed by atoms with Gasteiger partial charge in [-0.25, -0.2) is 0 Å². The highest BCUT2D eigenvalue weighted by Gasteiger charge is 2.34. The second kappa shape index (κ2) is 6.73. The normalized spacial score (nSPS) is 21.2. The molecule has 0 saturated carbocycles. The monoisotopic (exact) mass is 295 g/mol. The maximum Gasteiger partial charge on any atom is 0.273 e. The van der Waals surface area contributed by atoms with Crippen LogP contribution in [-0.2, 0) is 9.47 Å². The topological polar surface area (TPSA) is 85.7 Å². The van der Waals surface area contributed by atoms with Crippen LogP contribution in [0.15, 0.2) is 18.2 Å². The molecule has 0 bridgehead atoms. The van der Waals surface area contributed by atoms with Crippen LogP contribution in [0.2, 0.25) is 0 Å². The van der Waals surface area contributed by atoms with Crippen LogP contribution in [0.4, 0.5) is 17.1 Å². The van der Waals surface area contributed by atoms with Gasteiger partial charge in [-0.1, -0.05) is 0 Å². The Morgan fingerprint density at radius 1 is 1.38 bits per heavy atom. The predicted octanol–water partition coefficient (Wildman–Crippen LogP) is 2.24. The Morgan fingerprint density at radius 3 is 2.62 bits per heavy atom. The molecule has 1 unspecified atom stereocenters. The van der Waals surface area contributed by atoms with Crippen molar-refractivity contribution in [3.05, 3.63) is 28.3 Å².